The van der Waals surface area contributed by atoms with E-state index in [1.807, 2.05) is 97.9 Å². The molecule has 3 aromatic carbocycles. The SMILES string of the molecule is CCC(=O)c1nc(-c2ccccc2)c(-c2ccccc2)nc1-c1ccccc1. The fourth-order valence-corrected chi connectivity index (χ4v) is 3.19. The highest BCUT2D eigenvalue weighted by Crippen LogP contribution is 2.33. The lowest BCUT2D eigenvalue weighted by Gasteiger charge is -2.14. The summed E-state index contributed by atoms with van der Waals surface area (Å²) in [6.07, 6.45) is 0.382. The molecule has 0 fully saturated rings. The Balaban J connectivity index is 2.04. The summed E-state index contributed by atoms with van der Waals surface area (Å²) >= 11 is 0. The number of aromatic nitrogens is 2. The zero-order valence-electron chi connectivity index (χ0n) is 15.7. The van der Waals surface area contributed by atoms with Crippen molar-refractivity contribution in [3.63, 3.8) is 0 Å². The van der Waals surface area contributed by atoms with Crippen molar-refractivity contribution in [3.05, 3.63) is 96.7 Å². The number of ketones is 1. The van der Waals surface area contributed by atoms with E-state index in [2.05, 4.69) is 0 Å². The quantitative estimate of drug-likeness (QED) is 0.404. The van der Waals surface area contributed by atoms with Crippen LogP contribution in [0.15, 0.2) is 91.0 Å². The van der Waals surface area contributed by atoms with E-state index in [9.17, 15) is 4.79 Å². The molecule has 0 saturated heterocycles. The molecule has 4 aromatic rings. The lowest BCUT2D eigenvalue weighted by atomic mass is 10.0. The molecule has 0 unspecified atom stereocenters. The third-order valence-electron chi connectivity index (χ3n) is 4.62. The van der Waals surface area contributed by atoms with Gasteiger partial charge in [-0.2, -0.15) is 0 Å². The minimum atomic E-state index is -0.0110. The van der Waals surface area contributed by atoms with Crippen LogP contribution in [0.2, 0.25) is 0 Å². The molecule has 28 heavy (non-hydrogen) atoms. The second kappa shape index (κ2) is 7.97. The first-order valence-electron chi connectivity index (χ1n) is 9.39. The smallest absolute Gasteiger partial charge is 0.183 e. The average molecular weight is 364 g/mol. The van der Waals surface area contributed by atoms with E-state index < -0.39 is 0 Å². The maximum atomic E-state index is 12.7. The summed E-state index contributed by atoms with van der Waals surface area (Å²) in [5.41, 5.74) is 5.36. The summed E-state index contributed by atoms with van der Waals surface area (Å²) in [6, 6.07) is 29.7. The number of Topliss-reactive ketones (excluding diaryl/α,β-unsaturated/α-hetero) is 1. The van der Waals surface area contributed by atoms with E-state index in [0.29, 0.717) is 17.8 Å². The van der Waals surface area contributed by atoms with Crippen LogP contribution in [0.3, 0.4) is 0 Å². The maximum absolute atomic E-state index is 12.7. The Morgan fingerprint density at radius 2 is 1.00 bits per heavy atom. The lowest BCUT2D eigenvalue weighted by molar-refractivity contribution is 0.0984. The first kappa shape index (κ1) is 17.8. The molecular formula is C25H20N2O. The van der Waals surface area contributed by atoms with E-state index in [1.54, 1.807) is 0 Å². The Bertz CT molecular complexity index is 1090. The Labute approximate surface area is 164 Å². The first-order chi connectivity index (χ1) is 13.8. The van der Waals surface area contributed by atoms with Crippen LogP contribution in [0, 0.1) is 0 Å². The highest BCUT2D eigenvalue weighted by Gasteiger charge is 2.21. The number of hydrogen-bond acceptors (Lipinski definition) is 3. The predicted octanol–water partition coefficient (Wildman–Crippen LogP) is 6.07. The molecule has 0 amide bonds. The van der Waals surface area contributed by atoms with Gasteiger partial charge in [0.2, 0.25) is 0 Å². The van der Waals surface area contributed by atoms with Gasteiger partial charge in [-0.3, -0.25) is 4.79 Å². The second-order valence-electron chi connectivity index (χ2n) is 6.49. The Morgan fingerprint density at radius 3 is 1.43 bits per heavy atom. The van der Waals surface area contributed by atoms with Crippen LogP contribution >= 0.6 is 0 Å². The number of carbonyl (C=O) groups excluding carboxylic acids is 1. The molecule has 1 heterocycles. The molecule has 0 aliphatic heterocycles. The summed E-state index contributed by atoms with van der Waals surface area (Å²) in [6.45, 7) is 1.85. The molecule has 3 nitrogen and oxygen atoms in total. The topological polar surface area (TPSA) is 42.9 Å². The van der Waals surface area contributed by atoms with Crippen molar-refractivity contribution < 1.29 is 4.79 Å². The van der Waals surface area contributed by atoms with Crippen LogP contribution in [0.4, 0.5) is 0 Å². The van der Waals surface area contributed by atoms with Gasteiger partial charge in [0, 0.05) is 23.1 Å². The van der Waals surface area contributed by atoms with Gasteiger partial charge in [-0.1, -0.05) is 97.9 Å². The van der Waals surface area contributed by atoms with Crippen LogP contribution in [0.5, 0.6) is 0 Å². The summed E-state index contributed by atoms with van der Waals surface area (Å²) < 4.78 is 0. The molecule has 1 aromatic heterocycles. The van der Waals surface area contributed by atoms with Crippen molar-refractivity contribution in [1.82, 2.24) is 9.97 Å². The van der Waals surface area contributed by atoms with Gasteiger partial charge in [-0.05, 0) is 0 Å². The molecule has 0 aliphatic carbocycles. The molecule has 0 N–H and O–H groups in total. The van der Waals surface area contributed by atoms with Crippen molar-refractivity contribution in [2.45, 2.75) is 13.3 Å². The molecule has 0 radical (unpaired) electrons. The fraction of sp³-hybridized carbons (Fsp3) is 0.0800. The monoisotopic (exact) mass is 364 g/mol. The van der Waals surface area contributed by atoms with Gasteiger partial charge in [0.05, 0.1) is 11.4 Å². The molecule has 4 rings (SSSR count). The van der Waals surface area contributed by atoms with Crippen LogP contribution in [-0.2, 0) is 0 Å². The third kappa shape index (κ3) is 3.47. The zero-order chi connectivity index (χ0) is 19.3. The van der Waals surface area contributed by atoms with Crippen LogP contribution < -0.4 is 0 Å². The Kier molecular flexibility index (Phi) is 5.07. The largest absolute Gasteiger partial charge is 0.292 e. The number of rotatable bonds is 5. The summed E-state index contributed by atoms with van der Waals surface area (Å²) in [7, 11) is 0. The summed E-state index contributed by atoms with van der Waals surface area (Å²) in [5.74, 6) is -0.0110. The fourth-order valence-electron chi connectivity index (χ4n) is 3.19. The molecule has 0 aliphatic rings. The number of carbonyl (C=O) groups is 1. The third-order valence-corrected chi connectivity index (χ3v) is 4.62. The molecule has 0 atom stereocenters. The molecule has 0 bridgehead atoms. The number of hydrogen-bond donors (Lipinski definition) is 0. The van der Waals surface area contributed by atoms with Crippen LogP contribution in [0.25, 0.3) is 33.8 Å². The Hall–Kier alpha value is -3.59. The molecule has 0 spiro atoms. The molecular weight excluding hydrogens is 344 g/mol. The molecule has 3 heteroatoms. The summed E-state index contributed by atoms with van der Waals surface area (Å²) in [4.78, 5) is 22.6. The maximum Gasteiger partial charge on any atom is 0.183 e. The van der Waals surface area contributed by atoms with Crippen molar-refractivity contribution >= 4 is 5.78 Å². The van der Waals surface area contributed by atoms with Crippen molar-refractivity contribution in [2.75, 3.05) is 0 Å². The van der Waals surface area contributed by atoms with Gasteiger partial charge in [-0.15, -0.1) is 0 Å². The van der Waals surface area contributed by atoms with Crippen molar-refractivity contribution in [1.29, 1.82) is 0 Å². The van der Waals surface area contributed by atoms with Crippen LogP contribution in [-0.4, -0.2) is 15.8 Å². The standard InChI is InChI=1S/C25H20N2O/c1-2-21(28)25-24(20-16-10-5-11-17-20)26-22(18-12-6-3-7-13-18)23(27-25)19-14-8-4-9-15-19/h3-17H,2H2,1H3. The lowest BCUT2D eigenvalue weighted by Crippen LogP contribution is -2.08. The van der Waals surface area contributed by atoms with Gasteiger partial charge >= 0.3 is 0 Å². The van der Waals surface area contributed by atoms with Crippen LogP contribution in [0.1, 0.15) is 23.8 Å². The van der Waals surface area contributed by atoms with Gasteiger partial charge in [0.1, 0.15) is 11.4 Å². The highest BCUT2D eigenvalue weighted by molar-refractivity contribution is 6.00. The van der Waals surface area contributed by atoms with Crippen molar-refractivity contribution in [3.8, 4) is 33.8 Å². The first-order valence-corrected chi connectivity index (χ1v) is 9.39. The predicted molar refractivity (Wildman–Crippen MR) is 113 cm³/mol. The minimum Gasteiger partial charge on any atom is -0.292 e. The van der Waals surface area contributed by atoms with E-state index >= 15 is 0 Å². The normalized spacial score (nSPS) is 10.6. The van der Waals surface area contributed by atoms with Crippen molar-refractivity contribution in [2.24, 2.45) is 0 Å². The van der Waals surface area contributed by atoms with E-state index in [0.717, 1.165) is 28.1 Å². The number of nitrogens with zero attached hydrogens (tertiary/aromatic N) is 2. The van der Waals surface area contributed by atoms with E-state index in [-0.39, 0.29) is 5.78 Å². The van der Waals surface area contributed by atoms with Gasteiger partial charge < -0.3 is 0 Å². The Morgan fingerprint density at radius 1 is 0.607 bits per heavy atom. The highest BCUT2D eigenvalue weighted by atomic mass is 16.1. The van der Waals surface area contributed by atoms with Gasteiger partial charge in [0.25, 0.3) is 0 Å². The van der Waals surface area contributed by atoms with E-state index in [1.165, 1.54) is 0 Å². The minimum absolute atomic E-state index is 0.0110. The van der Waals surface area contributed by atoms with Gasteiger partial charge in [-0.25, -0.2) is 9.97 Å². The van der Waals surface area contributed by atoms with Gasteiger partial charge in [0.15, 0.2) is 5.78 Å². The average Bonchev–Trinajstić information content (AvgIpc) is 2.79. The van der Waals surface area contributed by atoms with E-state index in [4.69, 9.17) is 9.97 Å². The zero-order valence-corrected chi connectivity index (χ0v) is 15.7. The second-order valence-corrected chi connectivity index (χ2v) is 6.49. The molecule has 0 saturated carbocycles. The summed E-state index contributed by atoms with van der Waals surface area (Å²) in [5, 5.41) is 0. The molecule has 136 valence electrons. The number of benzene rings is 3.